The third kappa shape index (κ3) is 4.32. The van der Waals surface area contributed by atoms with Crippen molar-refractivity contribution in [2.24, 2.45) is 5.92 Å². The van der Waals surface area contributed by atoms with Gasteiger partial charge in [-0.2, -0.15) is 0 Å². The largest absolute Gasteiger partial charge is 0.314 e. The van der Waals surface area contributed by atoms with Crippen molar-refractivity contribution < 1.29 is 0 Å². The Bertz CT molecular complexity index is 394. The van der Waals surface area contributed by atoms with E-state index < -0.39 is 0 Å². The lowest BCUT2D eigenvalue weighted by Gasteiger charge is -2.34. The molecule has 1 fully saturated rings. The average molecular weight is 274 g/mol. The van der Waals surface area contributed by atoms with E-state index in [1.54, 1.807) is 0 Å². The number of hydrogen-bond donors (Lipinski definition) is 1. The molecule has 1 aliphatic rings. The molecule has 1 saturated heterocycles. The van der Waals surface area contributed by atoms with Gasteiger partial charge in [-0.05, 0) is 76.3 Å². The molecule has 1 unspecified atom stereocenters. The fourth-order valence-electron chi connectivity index (χ4n) is 3.26. The minimum atomic E-state index is 0.651. The van der Waals surface area contributed by atoms with Gasteiger partial charge in [-0.3, -0.25) is 0 Å². The number of nitrogens with zero attached hydrogens (tertiary/aromatic N) is 1. The van der Waals surface area contributed by atoms with Crippen molar-refractivity contribution >= 4 is 0 Å². The Hall–Kier alpha value is -0.860. The number of rotatable bonds is 6. The van der Waals surface area contributed by atoms with E-state index >= 15 is 0 Å². The van der Waals surface area contributed by atoms with E-state index in [2.05, 4.69) is 55.3 Å². The summed E-state index contributed by atoms with van der Waals surface area (Å²) >= 11 is 0. The van der Waals surface area contributed by atoms with Crippen molar-refractivity contribution in [2.45, 2.75) is 46.1 Å². The fourth-order valence-corrected chi connectivity index (χ4v) is 3.26. The highest BCUT2D eigenvalue weighted by atomic mass is 15.1. The number of benzene rings is 1. The van der Waals surface area contributed by atoms with Crippen molar-refractivity contribution in [3.05, 3.63) is 35.4 Å². The molecule has 20 heavy (non-hydrogen) atoms. The lowest BCUT2D eigenvalue weighted by atomic mass is 9.90. The van der Waals surface area contributed by atoms with Crippen LogP contribution in [0.1, 0.15) is 37.8 Å². The maximum atomic E-state index is 3.74. The summed E-state index contributed by atoms with van der Waals surface area (Å²) in [6.45, 7) is 11.7. The van der Waals surface area contributed by atoms with E-state index in [1.165, 1.54) is 43.6 Å². The Kier molecular flexibility index (Phi) is 6.06. The van der Waals surface area contributed by atoms with Gasteiger partial charge in [0.2, 0.25) is 0 Å². The van der Waals surface area contributed by atoms with E-state index in [0.29, 0.717) is 6.04 Å². The molecule has 0 saturated carbocycles. The van der Waals surface area contributed by atoms with Crippen LogP contribution in [0, 0.1) is 12.8 Å². The number of likely N-dealkylation sites (tertiary alicyclic amines) is 1. The van der Waals surface area contributed by atoms with Crippen molar-refractivity contribution in [1.82, 2.24) is 10.2 Å². The molecule has 2 nitrogen and oxygen atoms in total. The van der Waals surface area contributed by atoms with E-state index in [1.807, 2.05) is 0 Å². The van der Waals surface area contributed by atoms with Crippen molar-refractivity contribution in [1.29, 1.82) is 0 Å². The van der Waals surface area contributed by atoms with E-state index in [9.17, 15) is 0 Å². The molecule has 1 heterocycles. The second-order valence-corrected chi connectivity index (χ2v) is 6.19. The minimum Gasteiger partial charge on any atom is -0.314 e. The lowest BCUT2D eigenvalue weighted by Crippen LogP contribution is -2.42. The predicted octanol–water partition coefficient (Wildman–Crippen LogP) is 3.25. The highest BCUT2D eigenvalue weighted by molar-refractivity contribution is 5.25. The SMILES string of the molecule is CCN1CCC(C(C)NCCc2ccccc2C)CC1. The van der Waals surface area contributed by atoms with Gasteiger partial charge in [-0.1, -0.05) is 31.2 Å². The summed E-state index contributed by atoms with van der Waals surface area (Å²) < 4.78 is 0. The summed E-state index contributed by atoms with van der Waals surface area (Å²) in [5.74, 6) is 0.856. The second-order valence-electron chi connectivity index (χ2n) is 6.19. The van der Waals surface area contributed by atoms with Gasteiger partial charge in [0.15, 0.2) is 0 Å². The van der Waals surface area contributed by atoms with Crippen molar-refractivity contribution in [3.8, 4) is 0 Å². The van der Waals surface area contributed by atoms with Gasteiger partial charge in [0, 0.05) is 6.04 Å². The van der Waals surface area contributed by atoms with Crippen LogP contribution in [0.5, 0.6) is 0 Å². The van der Waals surface area contributed by atoms with Crippen LogP contribution in [0.4, 0.5) is 0 Å². The van der Waals surface area contributed by atoms with Crippen molar-refractivity contribution in [2.75, 3.05) is 26.2 Å². The van der Waals surface area contributed by atoms with Gasteiger partial charge in [-0.25, -0.2) is 0 Å². The number of hydrogen-bond acceptors (Lipinski definition) is 2. The Morgan fingerprint density at radius 3 is 2.60 bits per heavy atom. The Balaban J connectivity index is 1.70. The minimum absolute atomic E-state index is 0.651. The fraction of sp³-hybridized carbons (Fsp3) is 0.667. The second kappa shape index (κ2) is 7.80. The highest BCUT2D eigenvalue weighted by Gasteiger charge is 2.22. The van der Waals surface area contributed by atoms with Crippen LogP contribution < -0.4 is 5.32 Å². The molecule has 0 aromatic heterocycles. The first kappa shape index (κ1) is 15.5. The van der Waals surface area contributed by atoms with E-state index in [-0.39, 0.29) is 0 Å². The van der Waals surface area contributed by atoms with Gasteiger partial charge in [0.25, 0.3) is 0 Å². The summed E-state index contributed by atoms with van der Waals surface area (Å²) in [5.41, 5.74) is 2.89. The summed E-state index contributed by atoms with van der Waals surface area (Å²) in [6, 6.07) is 9.38. The first-order valence-electron chi connectivity index (χ1n) is 8.21. The topological polar surface area (TPSA) is 15.3 Å². The van der Waals surface area contributed by atoms with Crippen LogP contribution in [-0.4, -0.2) is 37.1 Å². The molecule has 112 valence electrons. The molecule has 0 bridgehead atoms. The van der Waals surface area contributed by atoms with Gasteiger partial charge >= 0.3 is 0 Å². The van der Waals surface area contributed by atoms with Crippen LogP contribution in [0.3, 0.4) is 0 Å². The molecule has 0 aliphatic carbocycles. The molecule has 0 radical (unpaired) electrons. The zero-order chi connectivity index (χ0) is 14.4. The summed E-state index contributed by atoms with van der Waals surface area (Å²) in [7, 11) is 0. The van der Waals surface area contributed by atoms with Gasteiger partial charge in [-0.15, -0.1) is 0 Å². The molecule has 1 atom stereocenters. The third-order valence-electron chi connectivity index (χ3n) is 4.91. The van der Waals surface area contributed by atoms with Crippen LogP contribution >= 0.6 is 0 Å². The zero-order valence-electron chi connectivity index (χ0n) is 13.4. The monoisotopic (exact) mass is 274 g/mol. The molecule has 1 aromatic carbocycles. The van der Waals surface area contributed by atoms with Crippen LogP contribution in [0.15, 0.2) is 24.3 Å². The summed E-state index contributed by atoms with van der Waals surface area (Å²) in [5, 5.41) is 3.74. The van der Waals surface area contributed by atoms with Crippen LogP contribution in [-0.2, 0) is 6.42 Å². The van der Waals surface area contributed by atoms with Gasteiger partial charge in [0.1, 0.15) is 0 Å². The Labute approximate surface area is 124 Å². The number of aryl methyl sites for hydroxylation is 1. The normalized spacial score (nSPS) is 19.1. The standard InChI is InChI=1S/C18H30N2/c1-4-20-13-10-18(11-14-20)16(3)19-12-9-17-8-6-5-7-15(17)2/h5-8,16,18-19H,4,9-14H2,1-3H3. The number of nitrogens with one attached hydrogen (secondary N) is 1. The quantitative estimate of drug-likeness (QED) is 0.856. The molecule has 2 rings (SSSR count). The average Bonchev–Trinajstić information content (AvgIpc) is 2.49. The molecular formula is C18H30N2. The molecule has 1 N–H and O–H groups in total. The first-order chi connectivity index (χ1) is 9.70. The van der Waals surface area contributed by atoms with E-state index in [0.717, 1.165) is 18.9 Å². The molecule has 1 aliphatic heterocycles. The Morgan fingerprint density at radius 1 is 1.25 bits per heavy atom. The summed E-state index contributed by atoms with van der Waals surface area (Å²) in [6.07, 6.45) is 3.85. The smallest absolute Gasteiger partial charge is 0.00680 e. The lowest BCUT2D eigenvalue weighted by molar-refractivity contribution is 0.169. The highest BCUT2D eigenvalue weighted by Crippen LogP contribution is 2.20. The predicted molar refractivity (Wildman–Crippen MR) is 87.2 cm³/mol. The first-order valence-corrected chi connectivity index (χ1v) is 8.21. The molecule has 2 heteroatoms. The molecular weight excluding hydrogens is 244 g/mol. The van der Waals surface area contributed by atoms with E-state index in [4.69, 9.17) is 0 Å². The Morgan fingerprint density at radius 2 is 1.95 bits per heavy atom. The number of piperidine rings is 1. The third-order valence-corrected chi connectivity index (χ3v) is 4.91. The molecule has 0 spiro atoms. The maximum Gasteiger partial charge on any atom is 0.00680 e. The van der Waals surface area contributed by atoms with Gasteiger partial charge < -0.3 is 10.2 Å². The molecule has 0 amide bonds. The van der Waals surface area contributed by atoms with Crippen molar-refractivity contribution in [3.63, 3.8) is 0 Å². The summed E-state index contributed by atoms with van der Waals surface area (Å²) in [4.78, 5) is 2.57. The zero-order valence-corrected chi connectivity index (χ0v) is 13.4. The van der Waals surface area contributed by atoms with Crippen LogP contribution in [0.25, 0.3) is 0 Å². The van der Waals surface area contributed by atoms with Crippen LogP contribution in [0.2, 0.25) is 0 Å². The molecule has 1 aromatic rings. The van der Waals surface area contributed by atoms with Gasteiger partial charge in [0.05, 0.1) is 0 Å². The maximum absolute atomic E-state index is 3.74.